The van der Waals surface area contributed by atoms with Crippen LogP contribution in [0.4, 0.5) is 5.69 Å². The third-order valence-electron chi connectivity index (χ3n) is 2.36. The van der Waals surface area contributed by atoms with Gasteiger partial charge in [0.15, 0.2) is 0 Å². The number of carbonyl (C=O) groups is 2. The molecule has 1 aromatic carbocycles. The highest BCUT2D eigenvalue weighted by atomic mass is 79.9. The Labute approximate surface area is 120 Å². The second-order valence-corrected chi connectivity index (χ2v) is 4.67. The van der Waals surface area contributed by atoms with Gasteiger partial charge in [0.05, 0.1) is 17.9 Å². The van der Waals surface area contributed by atoms with Gasteiger partial charge in [-0.15, -0.1) is 0 Å². The van der Waals surface area contributed by atoms with Crippen molar-refractivity contribution in [3.05, 3.63) is 28.2 Å². The van der Waals surface area contributed by atoms with E-state index in [0.29, 0.717) is 35.3 Å². The first-order chi connectivity index (χ1) is 9.08. The molecule has 0 fully saturated rings. The van der Waals surface area contributed by atoms with E-state index in [0.717, 1.165) is 0 Å². The third kappa shape index (κ3) is 5.00. The maximum absolute atomic E-state index is 11.6. The zero-order chi connectivity index (χ0) is 14.3. The normalized spacial score (nSPS) is 10.1. The molecule has 0 saturated carbocycles. The number of carbonyl (C=O) groups excluding carboxylic acids is 2. The number of hydrogen-bond acceptors (Lipinski definition) is 4. The fraction of sp³-hybridized carbons (Fsp3) is 0.385. The molecule has 0 aliphatic rings. The zero-order valence-electron chi connectivity index (χ0n) is 11.0. The Hall–Kier alpha value is -1.40. The van der Waals surface area contributed by atoms with E-state index < -0.39 is 0 Å². The summed E-state index contributed by atoms with van der Waals surface area (Å²) < 4.78 is 5.55. The van der Waals surface area contributed by atoms with Crippen molar-refractivity contribution in [2.75, 3.05) is 25.5 Å². The topological polar surface area (TPSA) is 67.4 Å². The smallest absolute Gasteiger partial charge is 0.338 e. The molecule has 19 heavy (non-hydrogen) atoms. The Bertz CT molecular complexity index is 463. The monoisotopic (exact) mass is 328 g/mol. The predicted octanol–water partition coefficient (Wildman–Crippen LogP) is 2.17. The SMILES string of the molecule is CCOC(=O)c1ccc(NC(=O)CCNC)c(Br)c1. The van der Waals surface area contributed by atoms with Crippen LogP contribution in [0.15, 0.2) is 22.7 Å². The minimum Gasteiger partial charge on any atom is -0.462 e. The van der Waals surface area contributed by atoms with Crippen molar-refractivity contribution in [1.29, 1.82) is 0 Å². The first-order valence-corrected chi connectivity index (χ1v) is 6.79. The molecule has 0 heterocycles. The molecule has 0 aliphatic carbocycles. The average molecular weight is 329 g/mol. The highest BCUT2D eigenvalue weighted by Crippen LogP contribution is 2.24. The van der Waals surface area contributed by atoms with Crippen molar-refractivity contribution < 1.29 is 14.3 Å². The largest absolute Gasteiger partial charge is 0.462 e. The van der Waals surface area contributed by atoms with Crippen LogP contribution in [0.2, 0.25) is 0 Å². The lowest BCUT2D eigenvalue weighted by atomic mass is 10.2. The van der Waals surface area contributed by atoms with Gasteiger partial charge in [-0.1, -0.05) is 0 Å². The van der Waals surface area contributed by atoms with Crippen LogP contribution in [0.25, 0.3) is 0 Å². The van der Waals surface area contributed by atoms with Crippen LogP contribution < -0.4 is 10.6 Å². The van der Waals surface area contributed by atoms with Crippen molar-refractivity contribution in [1.82, 2.24) is 5.32 Å². The number of amides is 1. The van der Waals surface area contributed by atoms with Gasteiger partial charge in [0, 0.05) is 17.4 Å². The summed E-state index contributed by atoms with van der Waals surface area (Å²) >= 11 is 3.33. The van der Waals surface area contributed by atoms with Crippen LogP contribution in [-0.2, 0) is 9.53 Å². The second kappa shape index (κ2) is 7.91. The van der Waals surface area contributed by atoms with E-state index in [1.807, 2.05) is 0 Å². The molecule has 0 saturated heterocycles. The summed E-state index contributed by atoms with van der Waals surface area (Å²) in [6, 6.07) is 4.93. The van der Waals surface area contributed by atoms with Crippen molar-refractivity contribution in [3.63, 3.8) is 0 Å². The Morgan fingerprint density at radius 3 is 2.68 bits per heavy atom. The molecular weight excluding hydrogens is 312 g/mol. The quantitative estimate of drug-likeness (QED) is 0.785. The van der Waals surface area contributed by atoms with E-state index in [2.05, 4.69) is 26.6 Å². The number of halogens is 1. The average Bonchev–Trinajstić information content (AvgIpc) is 2.39. The van der Waals surface area contributed by atoms with Gasteiger partial charge >= 0.3 is 5.97 Å². The first-order valence-electron chi connectivity index (χ1n) is 5.99. The molecule has 0 aliphatic heterocycles. The molecule has 1 rings (SSSR count). The number of hydrogen-bond donors (Lipinski definition) is 2. The van der Waals surface area contributed by atoms with Gasteiger partial charge in [0.1, 0.15) is 0 Å². The molecule has 0 aromatic heterocycles. The van der Waals surface area contributed by atoms with Crippen LogP contribution in [0, 0.1) is 0 Å². The van der Waals surface area contributed by atoms with Crippen molar-refractivity contribution in [2.24, 2.45) is 0 Å². The van der Waals surface area contributed by atoms with Crippen LogP contribution in [0.3, 0.4) is 0 Å². The molecule has 0 radical (unpaired) electrons. The molecule has 104 valence electrons. The van der Waals surface area contributed by atoms with Crippen LogP contribution in [0.5, 0.6) is 0 Å². The lowest BCUT2D eigenvalue weighted by Crippen LogP contribution is -2.19. The summed E-state index contributed by atoms with van der Waals surface area (Å²) in [7, 11) is 1.79. The van der Waals surface area contributed by atoms with E-state index in [1.54, 1.807) is 32.2 Å². The molecule has 0 spiro atoms. The lowest BCUT2D eigenvalue weighted by molar-refractivity contribution is -0.116. The van der Waals surface area contributed by atoms with Gasteiger partial charge in [0.2, 0.25) is 5.91 Å². The van der Waals surface area contributed by atoms with Crippen LogP contribution in [-0.4, -0.2) is 32.1 Å². The first kappa shape index (κ1) is 15.7. The molecular formula is C13H17BrN2O3. The predicted molar refractivity (Wildman–Crippen MR) is 77.3 cm³/mol. The minimum atomic E-state index is -0.378. The van der Waals surface area contributed by atoms with Gasteiger partial charge in [0.25, 0.3) is 0 Å². The highest BCUT2D eigenvalue weighted by molar-refractivity contribution is 9.10. The Balaban J connectivity index is 2.72. The van der Waals surface area contributed by atoms with Crippen LogP contribution >= 0.6 is 15.9 Å². The number of rotatable bonds is 6. The molecule has 0 atom stereocenters. The van der Waals surface area contributed by atoms with Gasteiger partial charge in [-0.05, 0) is 48.1 Å². The van der Waals surface area contributed by atoms with E-state index in [9.17, 15) is 9.59 Å². The zero-order valence-corrected chi connectivity index (χ0v) is 12.5. The Kier molecular flexibility index (Phi) is 6.52. The van der Waals surface area contributed by atoms with Crippen molar-refractivity contribution in [3.8, 4) is 0 Å². The maximum Gasteiger partial charge on any atom is 0.338 e. The van der Waals surface area contributed by atoms with Gasteiger partial charge in [-0.25, -0.2) is 4.79 Å². The Morgan fingerprint density at radius 1 is 1.37 bits per heavy atom. The second-order valence-electron chi connectivity index (χ2n) is 3.82. The van der Waals surface area contributed by atoms with Gasteiger partial charge in [-0.2, -0.15) is 0 Å². The van der Waals surface area contributed by atoms with Crippen LogP contribution in [0.1, 0.15) is 23.7 Å². The number of anilines is 1. The van der Waals surface area contributed by atoms with E-state index >= 15 is 0 Å². The summed E-state index contributed by atoms with van der Waals surface area (Å²) in [6.45, 7) is 2.70. The summed E-state index contributed by atoms with van der Waals surface area (Å²) in [4.78, 5) is 23.1. The van der Waals surface area contributed by atoms with Gasteiger partial charge < -0.3 is 15.4 Å². The van der Waals surface area contributed by atoms with E-state index in [-0.39, 0.29) is 11.9 Å². The number of ether oxygens (including phenoxy) is 1. The third-order valence-corrected chi connectivity index (χ3v) is 3.01. The highest BCUT2D eigenvalue weighted by Gasteiger charge is 2.10. The molecule has 5 nitrogen and oxygen atoms in total. The standard InChI is InChI=1S/C13H17BrN2O3/c1-3-19-13(18)9-4-5-11(10(14)8-9)16-12(17)6-7-15-2/h4-5,8,15H,3,6-7H2,1-2H3,(H,16,17). The van der Waals surface area contributed by atoms with E-state index in [1.165, 1.54) is 0 Å². The summed E-state index contributed by atoms with van der Waals surface area (Å²) in [5.41, 5.74) is 1.08. The summed E-state index contributed by atoms with van der Waals surface area (Å²) in [5, 5.41) is 5.67. The fourth-order valence-electron chi connectivity index (χ4n) is 1.41. The number of benzene rings is 1. The minimum absolute atomic E-state index is 0.0843. The lowest BCUT2D eigenvalue weighted by Gasteiger charge is -2.09. The number of esters is 1. The molecule has 6 heteroatoms. The van der Waals surface area contributed by atoms with Crippen molar-refractivity contribution in [2.45, 2.75) is 13.3 Å². The fourth-order valence-corrected chi connectivity index (χ4v) is 1.89. The Morgan fingerprint density at radius 2 is 2.11 bits per heavy atom. The molecule has 0 unspecified atom stereocenters. The maximum atomic E-state index is 11.6. The molecule has 2 N–H and O–H groups in total. The summed E-state index contributed by atoms with van der Waals surface area (Å²) in [6.07, 6.45) is 0.391. The molecule has 0 bridgehead atoms. The molecule has 1 aromatic rings. The van der Waals surface area contributed by atoms with Gasteiger partial charge in [-0.3, -0.25) is 4.79 Å². The van der Waals surface area contributed by atoms with Crippen molar-refractivity contribution >= 4 is 33.5 Å². The molecule has 1 amide bonds. The van der Waals surface area contributed by atoms with E-state index in [4.69, 9.17) is 4.74 Å². The summed E-state index contributed by atoms with van der Waals surface area (Å²) in [5.74, 6) is -0.463. The number of nitrogens with one attached hydrogen (secondary N) is 2.